The molecule has 156 valence electrons. The molecule has 6 nitrogen and oxygen atoms in total. The fraction of sp³-hybridized carbons (Fsp3) is 0.524. The minimum atomic E-state index is -0.662. The lowest BCUT2D eigenvalue weighted by Crippen LogP contribution is -2.40. The van der Waals surface area contributed by atoms with E-state index in [0.717, 1.165) is 74.5 Å². The van der Waals surface area contributed by atoms with E-state index in [4.69, 9.17) is 14.7 Å². The molecule has 0 bridgehead atoms. The van der Waals surface area contributed by atoms with Gasteiger partial charge in [-0.25, -0.2) is 18.7 Å². The summed E-state index contributed by atoms with van der Waals surface area (Å²) in [4.78, 5) is 12.0. The van der Waals surface area contributed by atoms with E-state index in [1.165, 1.54) is 12.1 Å². The summed E-state index contributed by atoms with van der Waals surface area (Å²) in [5, 5.41) is 6.77. The Bertz CT molecular complexity index is 868. The monoisotopic (exact) mass is 403 g/mol. The van der Waals surface area contributed by atoms with Crippen molar-refractivity contribution in [1.82, 2.24) is 15.3 Å². The molecule has 0 radical (unpaired) electrons. The molecule has 4 rings (SSSR count). The van der Waals surface area contributed by atoms with Crippen LogP contribution in [0.3, 0.4) is 0 Å². The Balaban J connectivity index is 1.47. The maximum atomic E-state index is 13.9. The average molecular weight is 403 g/mol. The number of fused-ring (bicyclic) bond motifs is 1. The molecule has 0 spiro atoms. The van der Waals surface area contributed by atoms with Crippen LogP contribution in [0.2, 0.25) is 0 Å². The SMILES string of the molecule is CC(C)Nc1nc2c(nc1N1CCC(Oc3ccc(F)cc3F)CC1)CCNC2. The first-order chi connectivity index (χ1) is 14.0. The van der Waals surface area contributed by atoms with Crippen LogP contribution in [0.1, 0.15) is 38.1 Å². The van der Waals surface area contributed by atoms with Crippen LogP contribution in [0.4, 0.5) is 20.4 Å². The van der Waals surface area contributed by atoms with Gasteiger partial charge in [0.05, 0.1) is 11.4 Å². The second-order valence-corrected chi connectivity index (χ2v) is 7.89. The van der Waals surface area contributed by atoms with Crippen molar-refractivity contribution in [2.24, 2.45) is 0 Å². The first kappa shape index (κ1) is 19.8. The molecule has 1 saturated heterocycles. The quantitative estimate of drug-likeness (QED) is 0.799. The maximum absolute atomic E-state index is 13.9. The Kier molecular flexibility index (Phi) is 5.80. The Morgan fingerprint density at radius 3 is 2.69 bits per heavy atom. The zero-order valence-corrected chi connectivity index (χ0v) is 16.8. The van der Waals surface area contributed by atoms with Crippen molar-refractivity contribution in [2.75, 3.05) is 29.9 Å². The molecule has 2 aliphatic heterocycles. The second-order valence-electron chi connectivity index (χ2n) is 7.89. The fourth-order valence-electron chi connectivity index (χ4n) is 3.78. The number of hydrogen-bond acceptors (Lipinski definition) is 6. The molecule has 0 saturated carbocycles. The minimum Gasteiger partial charge on any atom is -0.487 e. The van der Waals surface area contributed by atoms with E-state index >= 15 is 0 Å². The number of aromatic nitrogens is 2. The standard InChI is InChI=1S/C21H27F2N5O/c1-13(2)25-20-21(27-17-5-8-24-12-18(17)26-20)28-9-6-15(7-10-28)29-19-4-3-14(22)11-16(19)23/h3-4,11,13,15,24H,5-10,12H2,1-2H3,(H,25,26). The van der Waals surface area contributed by atoms with Gasteiger partial charge in [-0.3, -0.25) is 0 Å². The molecule has 1 fully saturated rings. The largest absolute Gasteiger partial charge is 0.487 e. The summed E-state index contributed by atoms with van der Waals surface area (Å²) >= 11 is 0. The Labute approximate surface area is 169 Å². The molecule has 0 atom stereocenters. The van der Waals surface area contributed by atoms with Gasteiger partial charge in [0.15, 0.2) is 23.2 Å². The number of nitrogens with one attached hydrogen (secondary N) is 2. The Morgan fingerprint density at radius 1 is 1.17 bits per heavy atom. The molecular weight excluding hydrogens is 376 g/mol. The lowest BCUT2D eigenvalue weighted by atomic mass is 10.1. The predicted octanol–water partition coefficient (Wildman–Crippen LogP) is 3.27. The summed E-state index contributed by atoms with van der Waals surface area (Å²) in [5.41, 5.74) is 2.06. The van der Waals surface area contributed by atoms with Crippen LogP contribution in [0.5, 0.6) is 5.75 Å². The van der Waals surface area contributed by atoms with Crippen molar-refractivity contribution in [2.45, 2.75) is 51.8 Å². The summed E-state index contributed by atoms with van der Waals surface area (Å²) in [6.45, 7) is 7.31. The highest BCUT2D eigenvalue weighted by atomic mass is 19.1. The van der Waals surface area contributed by atoms with Crippen LogP contribution < -0.4 is 20.3 Å². The lowest BCUT2D eigenvalue weighted by molar-refractivity contribution is 0.163. The van der Waals surface area contributed by atoms with Gasteiger partial charge in [-0.05, 0) is 26.0 Å². The topological polar surface area (TPSA) is 62.3 Å². The smallest absolute Gasteiger partial charge is 0.172 e. The molecule has 0 unspecified atom stereocenters. The van der Waals surface area contributed by atoms with Gasteiger partial charge in [0.1, 0.15) is 11.9 Å². The summed E-state index contributed by atoms with van der Waals surface area (Å²) in [6, 6.07) is 3.67. The summed E-state index contributed by atoms with van der Waals surface area (Å²) in [6.07, 6.45) is 2.24. The number of ether oxygens (including phenoxy) is 1. The number of nitrogens with zero attached hydrogens (tertiary/aromatic N) is 3. The third-order valence-electron chi connectivity index (χ3n) is 5.22. The van der Waals surface area contributed by atoms with Crippen LogP contribution in [-0.4, -0.2) is 41.7 Å². The van der Waals surface area contributed by atoms with Gasteiger partial charge >= 0.3 is 0 Å². The molecule has 0 amide bonds. The molecule has 8 heteroatoms. The number of benzene rings is 1. The van der Waals surface area contributed by atoms with Crippen molar-refractivity contribution in [3.63, 3.8) is 0 Å². The first-order valence-corrected chi connectivity index (χ1v) is 10.2. The maximum Gasteiger partial charge on any atom is 0.172 e. The molecule has 1 aromatic carbocycles. The van der Waals surface area contributed by atoms with E-state index in [-0.39, 0.29) is 17.9 Å². The zero-order chi connectivity index (χ0) is 20.4. The highest BCUT2D eigenvalue weighted by Gasteiger charge is 2.26. The van der Waals surface area contributed by atoms with Crippen molar-refractivity contribution in [3.05, 3.63) is 41.2 Å². The minimum absolute atomic E-state index is 0.105. The van der Waals surface area contributed by atoms with Gasteiger partial charge < -0.3 is 20.3 Å². The first-order valence-electron chi connectivity index (χ1n) is 10.2. The van der Waals surface area contributed by atoms with Crippen LogP contribution in [0.25, 0.3) is 0 Å². The van der Waals surface area contributed by atoms with E-state index in [0.29, 0.717) is 0 Å². The van der Waals surface area contributed by atoms with Crippen LogP contribution in [0, 0.1) is 11.6 Å². The number of anilines is 2. The third kappa shape index (κ3) is 4.58. The number of hydrogen-bond donors (Lipinski definition) is 2. The van der Waals surface area contributed by atoms with E-state index < -0.39 is 11.6 Å². The molecule has 2 N–H and O–H groups in total. The van der Waals surface area contributed by atoms with Gasteiger partial charge in [-0.15, -0.1) is 0 Å². The fourth-order valence-corrected chi connectivity index (χ4v) is 3.78. The summed E-state index contributed by atoms with van der Waals surface area (Å²) in [5.74, 6) is 0.534. The van der Waals surface area contributed by atoms with Crippen LogP contribution in [-0.2, 0) is 13.0 Å². The summed E-state index contributed by atoms with van der Waals surface area (Å²) < 4.78 is 32.7. The van der Waals surface area contributed by atoms with Crippen molar-refractivity contribution < 1.29 is 13.5 Å². The normalized spacial score (nSPS) is 17.3. The molecule has 2 aliphatic rings. The van der Waals surface area contributed by atoms with E-state index in [9.17, 15) is 8.78 Å². The average Bonchev–Trinajstić information content (AvgIpc) is 2.70. The summed E-state index contributed by atoms with van der Waals surface area (Å²) in [7, 11) is 0. The van der Waals surface area contributed by atoms with Crippen molar-refractivity contribution in [3.8, 4) is 5.75 Å². The lowest BCUT2D eigenvalue weighted by Gasteiger charge is -2.34. The highest BCUT2D eigenvalue weighted by molar-refractivity contribution is 5.62. The van der Waals surface area contributed by atoms with E-state index in [1.807, 2.05) is 0 Å². The molecule has 29 heavy (non-hydrogen) atoms. The molecule has 1 aromatic heterocycles. The Morgan fingerprint density at radius 2 is 1.97 bits per heavy atom. The Hall–Kier alpha value is -2.48. The molecule has 0 aliphatic carbocycles. The van der Waals surface area contributed by atoms with E-state index in [2.05, 4.69) is 29.4 Å². The van der Waals surface area contributed by atoms with Gasteiger partial charge in [0.2, 0.25) is 0 Å². The van der Waals surface area contributed by atoms with Gasteiger partial charge in [0.25, 0.3) is 0 Å². The van der Waals surface area contributed by atoms with Crippen molar-refractivity contribution in [1.29, 1.82) is 0 Å². The van der Waals surface area contributed by atoms with Crippen LogP contribution in [0.15, 0.2) is 18.2 Å². The number of halogens is 2. The molecule has 2 aromatic rings. The predicted molar refractivity (Wildman–Crippen MR) is 108 cm³/mol. The van der Waals surface area contributed by atoms with Gasteiger partial charge in [0, 0.05) is 57.5 Å². The van der Waals surface area contributed by atoms with Gasteiger partial charge in [-0.1, -0.05) is 0 Å². The molecular formula is C21H27F2N5O. The molecule has 3 heterocycles. The van der Waals surface area contributed by atoms with E-state index in [1.54, 1.807) is 0 Å². The zero-order valence-electron chi connectivity index (χ0n) is 16.8. The van der Waals surface area contributed by atoms with Gasteiger partial charge in [-0.2, -0.15) is 0 Å². The second kappa shape index (κ2) is 8.49. The van der Waals surface area contributed by atoms with Crippen molar-refractivity contribution >= 4 is 11.6 Å². The number of rotatable bonds is 5. The van der Waals surface area contributed by atoms with Crippen LogP contribution >= 0.6 is 0 Å². The number of piperidine rings is 1. The highest BCUT2D eigenvalue weighted by Crippen LogP contribution is 2.29. The third-order valence-corrected chi connectivity index (χ3v) is 5.22.